The van der Waals surface area contributed by atoms with Crippen LogP contribution in [-0.2, 0) is 4.79 Å². The lowest BCUT2D eigenvalue weighted by Gasteiger charge is -2.09. The molecule has 0 aliphatic carbocycles. The summed E-state index contributed by atoms with van der Waals surface area (Å²) in [5.74, 6) is -0.816. The Hall–Kier alpha value is -0.480. The van der Waals surface area contributed by atoms with Crippen molar-refractivity contribution in [3.05, 3.63) is 0 Å². The Kier molecular flexibility index (Phi) is 4.98. The van der Waals surface area contributed by atoms with Gasteiger partial charge in [0, 0.05) is 0 Å². The molecule has 0 spiro atoms. The topological polar surface area (TPSA) is 49.3 Å². The molecule has 0 rings (SSSR count). The van der Waals surface area contributed by atoms with E-state index in [1.54, 1.807) is 7.05 Å². The fourth-order valence-corrected chi connectivity index (χ4v) is 0.857. The van der Waals surface area contributed by atoms with Crippen LogP contribution in [0.15, 0.2) is 0 Å². The average Bonchev–Trinajstić information content (AvgIpc) is 1.87. The van der Waals surface area contributed by atoms with Crippen LogP contribution in [0.2, 0.25) is 0 Å². The van der Waals surface area contributed by atoms with Crippen molar-refractivity contribution in [3.63, 3.8) is 0 Å². The van der Waals surface area contributed by atoms with E-state index in [1.807, 2.05) is 6.92 Å². The lowest BCUT2D eigenvalue weighted by molar-refractivity contribution is -0.139. The molecular formula is C7H13NO2S. The zero-order chi connectivity index (χ0) is 8.85. The van der Waals surface area contributed by atoms with Crippen molar-refractivity contribution in [1.82, 2.24) is 5.32 Å². The van der Waals surface area contributed by atoms with Gasteiger partial charge in [-0.3, -0.25) is 4.79 Å². The molecule has 0 aromatic heterocycles. The predicted molar refractivity (Wildman–Crippen MR) is 48.0 cm³/mol. The molecule has 4 heteroatoms. The first kappa shape index (κ1) is 10.5. The molecule has 0 aromatic rings. The Morgan fingerprint density at radius 2 is 2.27 bits per heavy atom. The van der Waals surface area contributed by atoms with Crippen LogP contribution >= 0.6 is 12.2 Å². The first-order chi connectivity index (χ1) is 5.07. The second-order valence-electron chi connectivity index (χ2n) is 2.42. The highest BCUT2D eigenvalue weighted by atomic mass is 32.1. The summed E-state index contributed by atoms with van der Waals surface area (Å²) in [6.45, 7) is 1.82. The first-order valence-corrected chi connectivity index (χ1v) is 3.88. The summed E-state index contributed by atoms with van der Waals surface area (Å²) in [6, 6.07) is -0.465. The molecule has 2 N–H and O–H groups in total. The Labute approximate surface area is 71.8 Å². The van der Waals surface area contributed by atoms with Gasteiger partial charge in [0.1, 0.15) is 6.04 Å². The maximum absolute atomic E-state index is 10.4. The molecule has 11 heavy (non-hydrogen) atoms. The summed E-state index contributed by atoms with van der Waals surface area (Å²) in [4.78, 5) is 11.3. The smallest absolute Gasteiger partial charge is 0.320 e. The summed E-state index contributed by atoms with van der Waals surface area (Å²) in [5.41, 5.74) is 0. The van der Waals surface area contributed by atoms with Crippen molar-refractivity contribution in [3.8, 4) is 0 Å². The van der Waals surface area contributed by atoms with Crippen LogP contribution in [0.25, 0.3) is 0 Å². The number of hydrogen-bond acceptors (Lipinski definition) is 3. The lowest BCUT2D eigenvalue weighted by atomic mass is 10.1. The largest absolute Gasteiger partial charge is 0.480 e. The third-order valence-corrected chi connectivity index (χ3v) is 1.64. The molecule has 0 aromatic carbocycles. The van der Waals surface area contributed by atoms with Crippen LogP contribution in [0.1, 0.15) is 19.8 Å². The van der Waals surface area contributed by atoms with E-state index in [-0.39, 0.29) is 0 Å². The molecule has 1 unspecified atom stereocenters. The number of hydrogen-bond donors (Lipinski definition) is 2. The molecule has 1 atom stereocenters. The monoisotopic (exact) mass is 175 g/mol. The van der Waals surface area contributed by atoms with Gasteiger partial charge < -0.3 is 10.4 Å². The number of carbonyl (C=O) groups is 1. The van der Waals surface area contributed by atoms with Gasteiger partial charge in [-0.05, 0) is 31.7 Å². The van der Waals surface area contributed by atoms with Crippen LogP contribution in [0, 0.1) is 0 Å². The van der Waals surface area contributed by atoms with E-state index in [2.05, 4.69) is 5.32 Å². The van der Waals surface area contributed by atoms with Crippen molar-refractivity contribution in [2.45, 2.75) is 25.8 Å². The van der Waals surface area contributed by atoms with Gasteiger partial charge in [-0.2, -0.15) is 0 Å². The van der Waals surface area contributed by atoms with E-state index in [0.29, 0.717) is 12.8 Å². The van der Waals surface area contributed by atoms with Gasteiger partial charge in [0.15, 0.2) is 0 Å². The minimum absolute atomic E-state index is 0.465. The zero-order valence-electron chi connectivity index (χ0n) is 6.76. The molecule has 0 aliphatic heterocycles. The molecule has 0 aliphatic rings. The predicted octanol–water partition coefficient (Wildman–Crippen LogP) is 0.829. The van der Waals surface area contributed by atoms with Crippen molar-refractivity contribution in [2.75, 3.05) is 7.05 Å². The molecule has 0 fully saturated rings. The summed E-state index contributed by atoms with van der Waals surface area (Å²) in [7, 11) is 1.64. The van der Waals surface area contributed by atoms with Gasteiger partial charge in [-0.1, -0.05) is 12.2 Å². The number of carboxylic acids is 1. The fraction of sp³-hybridized carbons (Fsp3) is 0.714. The Bertz CT molecular complexity index is 159. The third-order valence-electron chi connectivity index (χ3n) is 1.43. The van der Waals surface area contributed by atoms with Gasteiger partial charge in [-0.15, -0.1) is 0 Å². The SMILES string of the molecule is CNC(CCC(C)=S)C(=O)O. The minimum Gasteiger partial charge on any atom is -0.480 e. The van der Waals surface area contributed by atoms with Crippen molar-refractivity contribution in [2.24, 2.45) is 0 Å². The fourth-order valence-electron chi connectivity index (χ4n) is 0.739. The first-order valence-electron chi connectivity index (χ1n) is 3.47. The summed E-state index contributed by atoms with van der Waals surface area (Å²) in [6.07, 6.45) is 1.26. The van der Waals surface area contributed by atoms with Gasteiger partial charge in [0.05, 0.1) is 0 Å². The van der Waals surface area contributed by atoms with Crippen molar-refractivity contribution in [1.29, 1.82) is 0 Å². The quantitative estimate of drug-likeness (QED) is 0.608. The number of likely N-dealkylation sites (N-methyl/N-ethyl adjacent to an activating group) is 1. The van der Waals surface area contributed by atoms with E-state index in [0.717, 1.165) is 4.86 Å². The van der Waals surface area contributed by atoms with Crippen LogP contribution < -0.4 is 5.32 Å². The number of carboxylic acid groups (broad SMARTS) is 1. The standard InChI is InChI=1S/C7H13NO2S/c1-5(11)3-4-6(8-2)7(9)10/h6,8H,3-4H2,1-2H3,(H,9,10). The molecule has 0 saturated carbocycles. The van der Waals surface area contributed by atoms with E-state index in [4.69, 9.17) is 17.3 Å². The van der Waals surface area contributed by atoms with Gasteiger partial charge in [0.2, 0.25) is 0 Å². The average molecular weight is 175 g/mol. The molecule has 3 nitrogen and oxygen atoms in total. The number of thiocarbonyl (C=S) groups is 1. The molecule has 0 saturated heterocycles. The number of aliphatic carboxylic acids is 1. The van der Waals surface area contributed by atoms with E-state index in [1.165, 1.54) is 0 Å². The molecule has 0 bridgehead atoms. The van der Waals surface area contributed by atoms with Gasteiger partial charge >= 0.3 is 5.97 Å². The second-order valence-corrected chi connectivity index (χ2v) is 3.12. The van der Waals surface area contributed by atoms with Crippen LogP contribution in [0.4, 0.5) is 0 Å². The molecule has 0 heterocycles. The van der Waals surface area contributed by atoms with Crippen molar-refractivity contribution >= 4 is 23.1 Å². The second kappa shape index (κ2) is 5.21. The highest BCUT2D eigenvalue weighted by molar-refractivity contribution is 7.80. The van der Waals surface area contributed by atoms with Crippen LogP contribution in [-0.4, -0.2) is 29.0 Å². The normalized spacial score (nSPS) is 12.5. The number of rotatable bonds is 5. The Morgan fingerprint density at radius 3 is 2.55 bits per heavy atom. The summed E-state index contributed by atoms with van der Waals surface area (Å²) in [5, 5.41) is 11.3. The van der Waals surface area contributed by atoms with Crippen molar-refractivity contribution < 1.29 is 9.90 Å². The number of nitrogens with one attached hydrogen (secondary N) is 1. The zero-order valence-corrected chi connectivity index (χ0v) is 7.57. The summed E-state index contributed by atoms with van der Waals surface area (Å²) >= 11 is 4.83. The molecule has 64 valence electrons. The van der Waals surface area contributed by atoms with E-state index < -0.39 is 12.0 Å². The lowest BCUT2D eigenvalue weighted by Crippen LogP contribution is -2.33. The minimum atomic E-state index is -0.816. The Balaban J connectivity index is 3.70. The van der Waals surface area contributed by atoms with Crippen LogP contribution in [0.5, 0.6) is 0 Å². The summed E-state index contributed by atoms with van der Waals surface area (Å²) < 4.78 is 0. The maximum Gasteiger partial charge on any atom is 0.320 e. The van der Waals surface area contributed by atoms with Crippen LogP contribution in [0.3, 0.4) is 0 Å². The molecular weight excluding hydrogens is 162 g/mol. The highest BCUT2D eigenvalue weighted by Crippen LogP contribution is 1.98. The molecule has 0 radical (unpaired) electrons. The third kappa shape index (κ3) is 4.86. The highest BCUT2D eigenvalue weighted by Gasteiger charge is 2.13. The van der Waals surface area contributed by atoms with Gasteiger partial charge in [-0.25, -0.2) is 0 Å². The molecule has 0 amide bonds. The maximum atomic E-state index is 10.4. The van der Waals surface area contributed by atoms with E-state index in [9.17, 15) is 4.79 Å². The Morgan fingerprint density at radius 1 is 1.73 bits per heavy atom. The van der Waals surface area contributed by atoms with Gasteiger partial charge in [0.25, 0.3) is 0 Å². The van der Waals surface area contributed by atoms with E-state index >= 15 is 0 Å².